The molecule has 0 aromatic carbocycles. The molecule has 1 fully saturated rings. The molecule has 0 saturated carbocycles. The first kappa shape index (κ1) is 16.9. The molecule has 1 heterocycles. The minimum Gasteiger partial charge on any atom is -0.468 e. The predicted octanol–water partition coefficient (Wildman–Crippen LogP) is 0.178. The summed E-state index contributed by atoms with van der Waals surface area (Å²) in [6, 6.07) is 0. The maximum Gasteiger partial charge on any atom is 0.319 e. The first-order chi connectivity index (χ1) is 9.65. The van der Waals surface area contributed by atoms with E-state index in [1.54, 1.807) is 4.90 Å². The minimum absolute atomic E-state index is 0.0283. The summed E-state index contributed by atoms with van der Waals surface area (Å²) in [4.78, 5) is 24.2. The van der Waals surface area contributed by atoms with Crippen molar-refractivity contribution in [1.29, 1.82) is 0 Å². The van der Waals surface area contributed by atoms with E-state index in [1.165, 1.54) is 14.2 Å². The highest BCUT2D eigenvalue weighted by atomic mass is 16.7. The molecule has 20 heavy (non-hydrogen) atoms. The van der Waals surface area contributed by atoms with Crippen molar-refractivity contribution < 1.29 is 28.5 Å². The summed E-state index contributed by atoms with van der Waals surface area (Å²) >= 11 is 0. The van der Waals surface area contributed by atoms with Crippen LogP contribution in [0.5, 0.6) is 0 Å². The van der Waals surface area contributed by atoms with Gasteiger partial charge in [-0.2, -0.15) is 0 Å². The fourth-order valence-electron chi connectivity index (χ4n) is 1.86. The van der Waals surface area contributed by atoms with Gasteiger partial charge in [0.1, 0.15) is 0 Å². The molecule has 1 rings (SSSR count). The molecule has 7 nitrogen and oxygen atoms in total. The van der Waals surface area contributed by atoms with Gasteiger partial charge in [-0.3, -0.25) is 14.5 Å². The predicted molar refractivity (Wildman–Crippen MR) is 70.0 cm³/mol. The normalized spacial score (nSPS) is 18.9. The van der Waals surface area contributed by atoms with Crippen LogP contribution in [0.4, 0.5) is 0 Å². The fraction of sp³-hybridized carbons (Fsp3) is 0.846. The second-order valence-electron chi connectivity index (χ2n) is 4.53. The van der Waals surface area contributed by atoms with Gasteiger partial charge in [0.25, 0.3) is 0 Å². The van der Waals surface area contributed by atoms with Gasteiger partial charge in [0, 0.05) is 13.2 Å². The molecule has 0 spiro atoms. The van der Waals surface area contributed by atoms with E-state index in [9.17, 15) is 9.59 Å². The summed E-state index contributed by atoms with van der Waals surface area (Å²) in [5.41, 5.74) is 0. The molecule has 0 amide bonds. The van der Waals surface area contributed by atoms with E-state index in [0.717, 1.165) is 25.9 Å². The average molecular weight is 289 g/mol. The van der Waals surface area contributed by atoms with Crippen molar-refractivity contribution in [2.75, 3.05) is 47.1 Å². The van der Waals surface area contributed by atoms with Crippen molar-refractivity contribution in [1.82, 2.24) is 4.90 Å². The number of ether oxygens (including phenoxy) is 4. The van der Waals surface area contributed by atoms with Crippen LogP contribution >= 0.6 is 0 Å². The van der Waals surface area contributed by atoms with E-state index in [-0.39, 0.29) is 19.4 Å². The van der Waals surface area contributed by atoms with Crippen LogP contribution in [0, 0.1) is 0 Å². The second-order valence-corrected chi connectivity index (χ2v) is 4.53. The maximum atomic E-state index is 11.3. The smallest absolute Gasteiger partial charge is 0.319 e. The number of carbonyl (C=O) groups is 2. The number of hydrogen-bond donors (Lipinski definition) is 0. The maximum absolute atomic E-state index is 11.3. The Hall–Kier alpha value is -1.18. The molecule has 0 N–H and O–H groups in total. The molecule has 1 saturated heterocycles. The van der Waals surface area contributed by atoms with Crippen LogP contribution in [0.2, 0.25) is 0 Å². The van der Waals surface area contributed by atoms with E-state index < -0.39 is 11.9 Å². The van der Waals surface area contributed by atoms with Gasteiger partial charge < -0.3 is 18.9 Å². The molecule has 7 heteroatoms. The highest BCUT2D eigenvalue weighted by Crippen LogP contribution is 2.13. The van der Waals surface area contributed by atoms with Gasteiger partial charge in [0.2, 0.25) is 0 Å². The molecule has 1 aliphatic heterocycles. The minimum atomic E-state index is -0.400. The summed E-state index contributed by atoms with van der Waals surface area (Å²) in [5, 5.41) is 0. The highest BCUT2D eigenvalue weighted by molar-refractivity contribution is 5.74. The van der Waals surface area contributed by atoms with Crippen LogP contribution < -0.4 is 0 Å². The SMILES string of the molecule is COC(=O)CN(CCOC1CCCCO1)CC(=O)OC. The van der Waals surface area contributed by atoms with Crippen LogP contribution in [0.25, 0.3) is 0 Å². The Bertz CT molecular complexity index is 285. The first-order valence-electron chi connectivity index (χ1n) is 6.75. The number of methoxy groups -OCH3 is 2. The standard InChI is InChI=1S/C13H23NO6/c1-17-11(15)9-14(10-12(16)18-2)6-8-20-13-5-3-4-7-19-13/h13H,3-10H2,1-2H3. The summed E-state index contributed by atoms with van der Waals surface area (Å²) in [6.45, 7) is 1.60. The Balaban J connectivity index is 2.30. The molecule has 1 atom stereocenters. The lowest BCUT2D eigenvalue weighted by molar-refractivity contribution is -0.165. The number of hydrogen-bond acceptors (Lipinski definition) is 7. The summed E-state index contributed by atoms with van der Waals surface area (Å²) in [7, 11) is 2.62. The quantitative estimate of drug-likeness (QED) is 0.590. The average Bonchev–Trinajstić information content (AvgIpc) is 2.47. The fourth-order valence-corrected chi connectivity index (χ4v) is 1.86. The van der Waals surface area contributed by atoms with Crippen molar-refractivity contribution in [2.24, 2.45) is 0 Å². The highest BCUT2D eigenvalue weighted by Gasteiger charge is 2.17. The monoisotopic (exact) mass is 289 g/mol. The van der Waals surface area contributed by atoms with Crippen LogP contribution in [0.1, 0.15) is 19.3 Å². The largest absolute Gasteiger partial charge is 0.468 e. The summed E-state index contributed by atoms with van der Waals surface area (Å²) < 4.78 is 20.2. The van der Waals surface area contributed by atoms with Gasteiger partial charge in [-0.05, 0) is 19.3 Å². The van der Waals surface area contributed by atoms with E-state index >= 15 is 0 Å². The zero-order valence-electron chi connectivity index (χ0n) is 12.1. The van der Waals surface area contributed by atoms with Gasteiger partial charge in [0.15, 0.2) is 6.29 Å². The zero-order valence-corrected chi connectivity index (χ0v) is 12.1. The van der Waals surface area contributed by atoms with Gasteiger partial charge >= 0.3 is 11.9 Å². The Morgan fingerprint density at radius 2 is 1.80 bits per heavy atom. The zero-order chi connectivity index (χ0) is 14.8. The van der Waals surface area contributed by atoms with Crippen LogP contribution in [-0.4, -0.2) is 70.2 Å². The molecule has 0 aliphatic carbocycles. The Morgan fingerprint density at radius 3 is 2.30 bits per heavy atom. The Morgan fingerprint density at radius 1 is 1.15 bits per heavy atom. The van der Waals surface area contributed by atoms with E-state index in [1.807, 2.05) is 0 Å². The van der Waals surface area contributed by atoms with Crippen molar-refractivity contribution in [2.45, 2.75) is 25.6 Å². The van der Waals surface area contributed by atoms with Crippen molar-refractivity contribution in [3.8, 4) is 0 Å². The van der Waals surface area contributed by atoms with Gasteiger partial charge in [-0.25, -0.2) is 0 Å². The second kappa shape index (κ2) is 9.68. The molecular formula is C13H23NO6. The van der Waals surface area contributed by atoms with Gasteiger partial charge in [0.05, 0.1) is 33.9 Å². The van der Waals surface area contributed by atoms with Crippen LogP contribution in [0.15, 0.2) is 0 Å². The lowest BCUT2D eigenvalue weighted by atomic mass is 10.2. The molecule has 1 aliphatic rings. The Labute approximate surface area is 119 Å². The molecule has 1 unspecified atom stereocenters. The number of nitrogens with zero attached hydrogens (tertiary/aromatic N) is 1. The molecule has 116 valence electrons. The third kappa shape index (κ3) is 6.83. The lowest BCUT2D eigenvalue weighted by Gasteiger charge is -2.25. The number of carbonyl (C=O) groups excluding carboxylic acids is 2. The third-order valence-electron chi connectivity index (χ3n) is 3.01. The van der Waals surface area contributed by atoms with Gasteiger partial charge in [-0.1, -0.05) is 0 Å². The third-order valence-corrected chi connectivity index (χ3v) is 3.01. The summed E-state index contributed by atoms with van der Waals surface area (Å²) in [6.07, 6.45) is 2.87. The first-order valence-corrected chi connectivity index (χ1v) is 6.75. The van der Waals surface area contributed by atoms with Crippen LogP contribution in [-0.2, 0) is 28.5 Å². The lowest BCUT2D eigenvalue weighted by Crippen LogP contribution is -2.38. The van der Waals surface area contributed by atoms with Crippen molar-refractivity contribution >= 4 is 11.9 Å². The van der Waals surface area contributed by atoms with E-state index in [4.69, 9.17) is 9.47 Å². The number of rotatable bonds is 8. The van der Waals surface area contributed by atoms with Crippen molar-refractivity contribution in [3.63, 3.8) is 0 Å². The van der Waals surface area contributed by atoms with Gasteiger partial charge in [-0.15, -0.1) is 0 Å². The van der Waals surface area contributed by atoms with Crippen molar-refractivity contribution in [3.05, 3.63) is 0 Å². The Kier molecular flexibility index (Phi) is 8.17. The van der Waals surface area contributed by atoms with E-state index in [0.29, 0.717) is 13.2 Å². The van der Waals surface area contributed by atoms with E-state index in [2.05, 4.69) is 9.47 Å². The molecule has 0 aromatic rings. The molecule has 0 aromatic heterocycles. The van der Waals surface area contributed by atoms with Crippen LogP contribution in [0.3, 0.4) is 0 Å². The topological polar surface area (TPSA) is 74.3 Å². The number of esters is 2. The molecular weight excluding hydrogens is 266 g/mol. The summed E-state index contributed by atoms with van der Waals surface area (Å²) in [5.74, 6) is -0.800. The molecule has 0 bridgehead atoms. The molecule has 0 radical (unpaired) electrons.